The maximum atomic E-state index is 12.0. The first-order valence-corrected chi connectivity index (χ1v) is 7.43. The zero-order chi connectivity index (χ0) is 13.1. The number of hydrogen-bond donors (Lipinski definition) is 0. The Bertz CT molecular complexity index is 276. The molecule has 0 aromatic rings. The van der Waals surface area contributed by atoms with Gasteiger partial charge in [-0.3, -0.25) is 9.59 Å². The molecule has 1 aliphatic carbocycles. The Balaban J connectivity index is 2.94. The number of carbonyl (C=O) groups excluding carboxylic acids is 2. The quantitative estimate of drug-likeness (QED) is 0.432. The molecule has 17 heavy (non-hydrogen) atoms. The zero-order valence-corrected chi connectivity index (χ0v) is 13.0. The van der Waals surface area contributed by atoms with E-state index in [-0.39, 0.29) is 22.9 Å². The van der Waals surface area contributed by atoms with E-state index in [1.165, 1.54) is 0 Å². The predicted octanol–water partition coefficient (Wildman–Crippen LogP) is 2.42. The Kier molecular flexibility index (Phi) is 5.44. The summed E-state index contributed by atoms with van der Waals surface area (Å²) in [5, 5.41) is 0. The van der Waals surface area contributed by atoms with Gasteiger partial charge in [-0.1, -0.05) is 31.9 Å². The average molecular weight is 372 g/mol. The average Bonchev–Trinajstić information content (AvgIpc) is 2.57. The first-order chi connectivity index (χ1) is 7.97. The van der Waals surface area contributed by atoms with Crippen molar-refractivity contribution in [3.8, 4) is 0 Å². The lowest BCUT2D eigenvalue weighted by atomic mass is 9.86. The Morgan fingerprint density at radius 1 is 1.06 bits per heavy atom. The van der Waals surface area contributed by atoms with E-state index >= 15 is 0 Å². The van der Waals surface area contributed by atoms with Crippen LogP contribution in [-0.4, -0.2) is 34.8 Å². The van der Waals surface area contributed by atoms with Gasteiger partial charge in [-0.05, 0) is 26.7 Å². The molecular formula is C11H16Br2O4. The monoisotopic (exact) mass is 370 g/mol. The first-order valence-electron chi connectivity index (χ1n) is 5.60. The van der Waals surface area contributed by atoms with Crippen LogP contribution in [0.2, 0.25) is 0 Å². The van der Waals surface area contributed by atoms with E-state index in [0.29, 0.717) is 12.8 Å². The van der Waals surface area contributed by atoms with Crippen molar-refractivity contribution >= 4 is 43.8 Å². The van der Waals surface area contributed by atoms with Crippen molar-refractivity contribution in [2.75, 3.05) is 13.2 Å². The summed E-state index contributed by atoms with van der Waals surface area (Å²) in [7, 11) is 0. The first kappa shape index (κ1) is 15.0. The second kappa shape index (κ2) is 6.18. The van der Waals surface area contributed by atoms with Crippen LogP contribution in [-0.2, 0) is 19.1 Å². The van der Waals surface area contributed by atoms with E-state index in [1.807, 2.05) is 0 Å². The third-order valence-electron chi connectivity index (χ3n) is 2.81. The maximum absolute atomic E-state index is 12.0. The topological polar surface area (TPSA) is 52.6 Å². The number of ether oxygens (including phenoxy) is 2. The molecule has 6 heteroatoms. The van der Waals surface area contributed by atoms with Crippen LogP contribution >= 0.6 is 31.9 Å². The molecule has 0 amide bonds. The Morgan fingerprint density at radius 2 is 1.41 bits per heavy atom. The van der Waals surface area contributed by atoms with Gasteiger partial charge < -0.3 is 9.47 Å². The van der Waals surface area contributed by atoms with E-state index in [4.69, 9.17) is 9.47 Å². The molecule has 98 valence electrons. The minimum atomic E-state index is -1.16. The van der Waals surface area contributed by atoms with Crippen molar-refractivity contribution in [2.45, 2.75) is 36.3 Å². The lowest BCUT2D eigenvalue weighted by Gasteiger charge is -2.24. The SMILES string of the molecule is CCOC(=O)C1(C(=O)OCC)C[C@@H](Br)[C@@H](Br)C1. The van der Waals surface area contributed by atoms with Crippen molar-refractivity contribution < 1.29 is 19.1 Å². The summed E-state index contributed by atoms with van der Waals surface area (Å²) < 4.78 is 10.0. The van der Waals surface area contributed by atoms with Gasteiger partial charge in [0.1, 0.15) is 0 Å². The highest BCUT2D eigenvalue weighted by Gasteiger charge is 2.56. The molecule has 0 radical (unpaired) electrons. The van der Waals surface area contributed by atoms with Crippen molar-refractivity contribution in [1.29, 1.82) is 0 Å². The van der Waals surface area contributed by atoms with Gasteiger partial charge in [0, 0.05) is 9.65 Å². The molecule has 0 saturated heterocycles. The van der Waals surface area contributed by atoms with Gasteiger partial charge in [0.25, 0.3) is 0 Å². The summed E-state index contributed by atoms with van der Waals surface area (Å²) in [5.41, 5.74) is -1.16. The minimum Gasteiger partial charge on any atom is -0.465 e. The van der Waals surface area contributed by atoms with Crippen molar-refractivity contribution in [3.05, 3.63) is 0 Å². The van der Waals surface area contributed by atoms with Crippen LogP contribution < -0.4 is 0 Å². The number of alkyl halides is 2. The second-order valence-electron chi connectivity index (χ2n) is 3.96. The molecule has 1 fully saturated rings. The lowest BCUT2D eigenvalue weighted by molar-refractivity contribution is -0.171. The molecule has 0 heterocycles. The fourth-order valence-electron chi connectivity index (χ4n) is 1.96. The van der Waals surface area contributed by atoms with Crippen LogP contribution in [0.5, 0.6) is 0 Å². The molecule has 0 unspecified atom stereocenters. The molecule has 0 aromatic carbocycles. The molecule has 0 spiro atoms. The van der Waals surface area contributed by atoms with Gasteiger partial charge in [-0.15, -0.1) is 0 Å². The van der Waals surface area contributed by atoms with Gasteiger partial charge >= 0.3 is 11.9 Å². The molecule has 1 saturated carbocycles. The molecule has 1 aliphatic rings. The standard InChI is InChI=1S/C11H16Br2O4/c1-3-16-9(14)11(10(15)17-4-2)5-7(12)8(13)6-11/h7-8H,3-6H2,1-2H3/t7-,8+. The summed E-state index contributed by atoms with van der Waals surface area (Å²) in [5.74, 6) is -0.963. The van der Waals surface area contributed by atoms with E-state index in [2.05, 4.69) is 31.9 Å². The number of halogens is 2. The third-order valence-corrected chi connectivity index (χ3v) is 5.44. The molecule has 0 aliphatic heterocycles. The van der Waals surface area contributed by atoms with E-state index < -0.39 is 17.4 Å². The Hall–Kier alpha value is -0.100. The second-order valence-corrected chi connectivity index (χ2v) is 6.32. The Labute approximate surface area is 118 Å². The Morgan fingerprint density at radius 3 is 1.71 bits per heavy atom. The molecule has 1 rings (SSSR count). The molecule has 2 atom stereocenters. The normalized spacial score (nSPS) is 26.6. The highest BCUT2D eigenvalue weighted by molar-refractivity contribution is 9.12. The molecular weight excluding hydrogens is 356 g/mol. The predicted molar refractivity (Wildman–Crippen MR) is 70.4 cm³/mol. The van der Waals surface area contributed by atoms with Gasteiger partial charge in [0.15, 0.2) is 5.41 Å². The maximum Gasteiger partial charge on any atom is 0.323 e. The van der Waals surface area contributed by atoms with Crippen LogP contribution in [0.4, 0.5) is 0 Å². The van der Waals surface area contributed by atoms with Gasteiger partial charge in [-0.2, -0.15) is 0 Å². The fraction of sp³-hybridized carbons (Fsp3) is 0.818. The largest absolute Gasteiger partial charge is 0.465 e. The van der Waals surface area contributed by atoms with Crippen molar-refractivity contribution in [3.63, 3.8) is 0 Å². The summed E-state index contributed by atoms with van der Waals surface area (Å²) in [6.45, 7) is 3.98. The van der Waals surface area contributed by atoms with Gasteiger partial charge in [0.05, 0.1) is 13.2 Å². The smallest absolute Gasteiger partial charge is 0.323 e. The third kappa shape index (κ3) is 3.02. The number of esters is 2. The number of rotatable bonds is 4. The van der Waals surface area contributed by atoms with Gasteiger partial charge in [0.2, 0.25) is 0 Å². The lowest BCUT2D eigenvalue weighted by Crippen LogP contribution is -2.40. The summed E-state index contributed by atoms with van der Waals surface area (Å²) in [6.07, 6.45) is 0.807. The number of hydrogen-bond acceptors (Lipinski definition) is 4. The van der Waals surface area contributed by atoms with Gasteiger partial charge in [-0.25, -0.2) is 0 Å². The summed E-state index contributed by atoms with van der Waals surface area (Å²) >= 11 is 6.91. The van der Waals surface area contributed by atoms with E-state index in [1.54, 1.807) is 13.8 Å². The molecule has 0 bridgehead atoms. The zero-order valence-electron chi connectivity index (χ0n) is 9.87. The van der Waals surface area contributed by atoms with Crippen molar-refractivity contribution in [2.24, 2.45) is 5.41 Å². The van der Waals surface area contributed by atoms with Crippen molar-refractivity contribution in [1.82, 2.24) is 0 Å². The van der Waals surface area contributed by atoms with Crippen LogP contribution in [0, 0.1) is 5.41 Å². The summed E-state index contributed by atoms with van der Waals surface area (Å²) in [6, 6.07) is 0. The van der Waals surface area contributed by atoms with E-state index in [9.17, 15) is 9.59 Å². The highest BCUT2D eigenvalue weighted by atomic mass is 79.9. The van der Waals surface area contributed by atoms with Crippen LogP contribution in [0.3, 0.4) is 0 Å². The van der Waals surface area contributed by atoms with Crippen LogP contribution in [0.1, 0.15) is 26.7 Å². The fourth-order valence-corrected chi connectivity index (χ4v) is 3.44. The molecule has 0 N–H and O–H groups in total. The molecule has 4 nitrogen and oxygen atoms in total. The molecule has 0 aromatic heterocycles. The van der Waals surface area contributed by atoms with Crippen LogP contribution in [0.15, 0.2) is 0 Å². The number of carbonyl (C=O) groups is 2. The van der Waals surface area contributed by atoms with E-state index in [0.717, 1.165) is 0 Å². The van der Waals surface area contributed by atoms with Crippen LogP contribution in [0.25, 0.3) is 0 Å². The minimum absolute atomic E-state index is 0.0660. The summed E-state index contributed by atoms with van der Waals surface area (Å²) in [4.78, 5) is 24.2. The highest BCUT2D eigenvalue weighted by Crippen LogP contribution is 2.46.